The topological polar surface area (TPSA) is 71.2 Å². The molecule has 0 aliphatic heterocycles. The maximum absolute atomic E-state index is 13.2. The zero-order chi connectivity index (χ0) is 18.5. The molecule has 1 heterocycles. The van der Waals surface area contributed by atoms with Crippen LogP contribution in [0.5, 0.6) is 5.75 Å². The Morgan fingerprint density at radius 2 is 1.77 bits per heavy atom. The summed E-state index contributed by atoms with van der Waals surface area (Å²) in [5, 5.41) is 3.20. The van der Waals surface area contributed by atoms with Crippen molar-refractivity contribution in [1.29, 1.82) is 0 Å². The molecule has 0 bridgehead atoms. The molecule has 0 atom stereocenters. The van der Waals surface area contributed by atoms with Gasteiger partial charge >= 0.3 is 0 Å². The number of carbonyl (C=O) groups is 1. The normalized spacial score (nSPS) is 10.7. The van der Waals surface area contributed by atoms with Crippen LogP contribution in [0, 0.1) is 11.6 Å². The molecule has 3 rings (SSSR count). The van der Waals surface area contributed by atoms with Gasteiger partial charge in [0.1, 0.15) is 22.9 Å². The standard InChI is InChI=1S/C19H16F2N2O3/c20-13-4-6-15(7-5-13)26-9-1-8-22-18(24)16-10-12-2-3-14(21)11-17(12)23-19(16)25/h2-7,10-11H,1,8-9H2,(H,22,24)(H,23,25). The number of aromatic nitrogens is 1. The first-order valence-electron chi connectivity index (χ1n) is 8.02. The van der Waals surface area contributed by atoms with Crippen LogP contribution < -0.4 is 15.6 Å². The Labute approximate surface area is 147 Å². The highest BCUT2D eigenvalue weighted by atomic mass is 19.1. The van der Waals surface area contributed by atoms with Crippen molar-refractivity contribution in [3.8, 4) is 5.75 Å². The van der Waals surface area contributed by atoms with Gasteiger partial charge in [0.2, 0.25) is 0 Å². The van der Waals surface area contributed by atoms with E-state index in [-0.39, 0.29) is 11.4 Å². The summed E-state index contributed by atoms with van der Waals surface area (Å²) >= 11 is 0. The number of nitrogens with one attached hydrogen (secondary N) is 2. The van der Waals surface area contributed by atoms with Gasteiger partial charge in [-0.1, -0.05) is 0 Å². The Kier molecular flexibility index (Phi) is 5.26. The van der Waals surface area contributed by atoms with Crippen LogP contribution in [0.3, 0.4) is 0 Å². The minimum Gasteiger partial charge on any atom is -0.494 e. The van der Waals surface area contributed by atoms with E-state index in [0.29, 0.717) is 36.2 Å². The molecule has 0 saturated heterocycles. The molecule has 1 aromatic heterocycles. The molecule has 0 saturated carbocycles. The summed E-state index contributed by atoms with van der Waals surface area (Å²) in [6.07, 6.45) is 0.514. The fourth-order valence-electron chi connectivity index (χ4n) is 2.43. The molecule has 3 aromatic rings. The number of halogens is 2. The maximum atomic E-state index is 13.2. The van der Waals surface area contributed by atoms with E-state index in [4.69, 9.17) is 4.74 Å². The molecule has 134 valence electrons. The van der Waals surface area contributed by atoms with Gasteiger partial charge in [0.25, 0.3) is 11.5 Å². The highest BCUT2D eigenvalue weighted by Gasteiger charge is 2.11. The van der Waals surface area contributed by atoms with Gasteiger partial charge in [-0.05, 0) is 60.3 Å². The number of pyridine rings is 1. The maximum Gasteiger partial charge on any atom is 0.261 e. The van der Waals surface area contributed by atoms with Crippen LogP contribution in [0.4, 0.5) is 8.78 Å². The first-order chi connectivity index (χ1) is 12.5. The first-order valence-corrected chi connectivity index (χ1v) is 8.02. The summed E-state index contributed by atoms with van der Waals surface area (Å²) in [4.78, 5) is 26.6. The van der Waals surface area contributed by atoms with Gasteiger partial charge in [0.05, 0.1) is 12.1 Å². The van der Waals surface area contributed by atoms with Crippen molar-refractivity contribution in [2.75, 3.05) is 13.2 Å². The van der Waals surface area contributed by atoms with Crippen molar-refractivity contribution >= 4 is 16.8 Å². The number of hydrogen-bond acceptors (Lipinski definition) is 3. The van der Waals surface area contributed by atoms with Crippen molar-refractivity contribution in [3.63, 3.8) is 0 Å². The summed E-state index contributed by atoms with van der Waals surface area (Å²) in [7, 11) is 0. The molecule has 2 aromatic carbocycles. The van der Waals surface area contributed by atoms with Crippen LogP contribution in [0.2, 0.25) is 0 Å². The summed E-state index contributed by atoms with van der Waals surface area (Å²) in [5.41, 5.74) is -0.286. The smallest absolute Gasteiger partial charge is 0.261 e. The zero-order valence-electron chi connectivity index (χ0n) is 13.7. The number of amides is 1. The lowest BCUT2D eigenvalue weighted by Gasteiger charge is -2.08. The van der Waals surface area contributed by atoms with Crippen LogP contribution in [0.25, 0.3) is 10.9 Å². The number of H-pyrrole nitrogens is 1. The predicted molar refractivity (Wildman–Crippen MR) is 93.4 cm³/mol. The van der Waals surface area contributed by atoms with Crippen LogP contribution >= 0.6 is 0 Å². The van der Waals surface area contributed by atoms with Gasteiger partial charge in [0.15, 0.2) is 0 Å². The fourth-order valence-corrected chi connectivity index (χ4v) is 2.43. The summed E-state index contributed by atoms with van der Waals surface area (Å²) < 4.78 is 31.4. The Bertz CT molecular complexity index is 984. The van der Waals surface area contributed by atoms with Crippen molar-refractivity contribution in [2.45, 2.75) is 6.42 Å². The molecule has 7 heteroatoms. The summed E-state index contributed by atoms with van der Waals surface area (Å²) in [6.45, 7) is 0.639. The second-order valence-electron chi connectivity index (χ2n) is 5.66. The minimum atomic E-state index is -0.580. The zero-order valence-corrected chi connectivity index (χ0v) is 13.7. The van der Waals surface area contributed by atoms with Crippen molar-refractivity contribution < 1.29 is 18.3 Å². The third-order valence-corrected chi connectivity index (χ3v) is 3.74. The van der Waals surface area contributed by atoms with Gasteiger partial charge in [-0.2, -0.15) is 0 Å². The van der Waals surface area contributed by atoms with E-state index in [1.807, 2.05) is 0 Å². The Morgan fingerprint density at radius 1 is 1.04 bits per heavy atom. The lowest BCUT2D eigenvalue weighted by molar-refractivity contribution is 0.0950. The van der Waals surface area contributed by atoms with E-state index in [0.717, 1.165) is 0 Å². The average Bonchev–Trinajstić information content (AvgIpc) is 2.62. The number of benzene rings is 2. The SMILES string of the molecule is O=C(NCCCOc1ccc(F)cc1)c1cc2ccc(F)cc2[nH]c1=O. The molecule has 0 fully saturated rings. The molecule has 0 radical (unpaired) electrons. The number of carbonyl (C=O) groups excluding carboxylic acids is 1. The average molecular weight is 358 g/mol. The van der Waals surface area contributed by atoms with E-state index in [1.54, 1.807) is 0 Å². The molecule has 5 nitrogen and oxygen atoms in total. The van der Waals surface area contributed by atoms with E-state index >= 15 is 0 Å². The molecule has 0 unspecified atom stereocenters. The van der Waals surface area contributed by atoms with E-state index in [9.17, 15) is 18.4 Å². The Morgan fingerprint density at radius 3 is 2.54 bits per heavy atom. The predicted octanol–water partition coefficient (Wildman–Crippen LogP) is 3.01. The first kappa shape index (κ1) is 17.6. The van der Waals surface area contributed by atoms with E-state index in [1.165, 1.54) is 48.5 Å². The van der Waals surface area contributed by atoms with Crippen molar-refractivity contribution in [3.05, 3.63) is 76.1 Å². The van der Waals surface area contributed by atoms with Gasteiger partial charge in [-0.15, -0.1) is 0 Å². The summed E-state index contributed by atoms with van der Waals surface area (Å²) in [6, 6.07) is 11.0. The molecule has 0 aliphatic carbocycles. The molecule has 2 N–H and O–H groups in total. The number of rotatable bonds is 6. The van der Waals surface area contributed by atoms with Crippen molar-refractivity contribution in [1.82, 2.24) is 10.3 Å². The van der Waals surface area contributed by atoms with Gasteiger partial charge in [0, 0.05) is 6.54 Å². The summed E-state index contributed by atoms with van der Waals surface area (Å²) in [5.74, 6) is -0.783. The molecule has 0 spiro atoms. The van der Waals surface area contributed by atoms with Crippen molar-refractivity contribution in [2.24, 2.45) is 0 Å². The Hall–Kier alpha value is -3.22. The second-order valence-corrected chi connectivity index (χ2v) is 5.66. The minimum absolute atomic E-state index is 0.0384. The van der Waals surface area contributed by atoms with Crippen LogP contribution in [-0.2, 0) is 0 Å². The second kappa shape index (κ2) is 7.77. The molecule has 0 aliphatic rings. The molecule has 26 heavy (non-hydrogen) atoms. The third-order valence-electron chi connectivity index (χ3n) is 3.74. The lowest BCUT2D eigenvalue weighted by Crippen LogP contribution is -2.30. The number of hydrogen-bond donors (Lipinski definition) is 2. The number of aromatic amines is 1. The quantitative estimate of drug-likeness (QED) is 0.666. The Balaban J connectivity index is 1.54. The van der Waals surface area contributed by atoms with Gasteiger partial charge in [-0.3, -0.25) is 9.59 Å². The van der Waals surface area contributed by atoms with Crippen LogP contribution in [-0.4, -0.2) is 24.0 Å². The molecule has 1 amide bonds. The van der Waals surface area contributed by atoms with E-state index in [2.05, 4.69) is 10.3 Å². The third kappa shape index (κ3) is 4.24. The van der Waals surface area contributed by atoms with Gasteiger partial charge in [-0.25, -0.2) is 8.78 Å². The van der Waals surface area contributed by atoms with Gasteiger partial charge < -0.3 is 15.0 Å². The number of fused-ring (bicyclic) bond motifs is 1. The fraction of sp³-hybridized carbons (Fsp3) is 0.158. The van der Waals surface area contributed by atoms with Crippen LogP contribution in [0.15, 0.2) is 53.3 Å². The molecular weight excluding hydrogens is 342 g/mol. The highest BCUT2D eigenvalue weighted by Crippen LogP contribution is 2.13. The van der Waals surface area contributed by atoms with Crippen LogP contribution in [0.1, 0.15) is 16.8 Å². The lowest BCUT2D eigenvalue weighted by atomic mass is 10.1. The monoisotopic (exact) mass is 358 g/mol. The number of ether oxygens (including phenoxy) is 1. The molecular formula is C19H16F2N2O3. The highest BCUT2D eigenvalue weighted by molar-refractivity contribution is 5.97. The largest absolute Gasteiger partial charge is 0.494 e. The van der Waals surface area contributed by atoms with E-state index < -0.39 is 17.3 Å².